The maximum absolute atomic E-state index is 12.3. The molecule has 106 valence electrons. The Hall–Kier alpha value is -1.18. The van der Waals surface area contributed by atoms with Crippen molar-refractivity contribution in [2.75, 3.05) is 5.32 Å². The number of thiazole rings is 1. The third kappa shape index (κ3) is 3.20. The lowest BCUT2D eigenvalue weighted by Crippen LogP contribution is -2.13. The Morgan fingerprint density at radius 3 is 2.86 bits per heavy atom. The van der Waals surface area contributed by atoms with E-state index in [0.29, 0.717) is 15.7 Å². The van der Waals surface area contributed by atoms with Gasteiger partial charge in [-0.1, -0.05) is 29.0 Å². The van der Waals surface area contributed by atoms with E-state index in [9.17, 15) is 4.79 Å². The van der Waals surface area contributed by atoms with Crippen molar-refractivity contribution in [3.8, 4) is 0 Å². The Labute approximate surface area is 144 Å². The van der Waals surface area contributed by atoms with Crippen LogP contribution in [0.5, 0.6) is 0 Å². The van der Waals surface area contributed by atoms with Crippen molar-refractivity contribution in [2.45, 2.75) is 6.92 Å². The monoisotopic (exact) mass is 428 g/mol. The van der Waals surface area contributed by atoms with Gasteiger partial charge in [0.15, 0.2) is 5.13 Å². The maximum atomic E-state index is 12.3. The van der Waals surface area contributed by atoms with Crippen LogP contribution in [0, 0.1) is 10.5 Å². The SMILES string of the molecule is Cc1ccc2nc(NC(=O)c3ccc(Cl)cc3I)sc2c1. The van der Waals surface area contributed by atoms with E-state index < -0.39 is 0 Å². The summed E-state index contributed by atoms with van der Waals surface area (Å²) in [5.74, 6) is -0.174. The van der Waals surface area contributed by atoms with Crippen molar-refractivity contribution in [3.63, 3.8) is 0 Å². The summed E-state index contributed by atoms with van der Waals surface area (Å²) in [6.07, 6.45) is 0. The number of carbonyl (C=O) groups excluding carboxylic acids is 1. The molecule has 6 heteroatoms. The highest BCUT2D eigenvalue weighted by Crippen LogP contribution is 2.27. The van der Waals surface area contributed by atoms with Crippen LogP contribution in [0.25, 0.3) is 10.2 Å². The molecule has 0 saturated heterocycles. The summed E-state index contributed by atoms with van der Waals surface area (Å²) in [7, 11) is 0. The van der Waals surface area contributed by atoms with Gasteiger partial charge in [0, 0.05) is 8.59 Å². The van der Waals surface area contributed by atoms with Gasteiger partial charge in [0.1, 0.15) is 0 Å². The Bertz CT molecular complexity index is 847. The van der Waals surface area contributed by atoms with Crippen molar-refractivity contribution in [1.82, 2.24) is 4.98 Å². The second-order valence-electron chi connectivity index (χ2n) is 4.57. The van der Waals surface area contributed by atoms with Crippen LogP contribution >= 0.6 is 45.5 Å². The van der Waals surface area contributed by atoms with Gasteiger partial charge in [0.05, 0.1) is 15.8 Å². The quantitative estimate of drug-likeness (QED) is 0.576. The van der Waals surface area contributed by atoms with Gasteiger partial charge in [0.2, 0.25) is 0 Å². The lowest BCUT2D eigenvalue weighted by molar-refractivity contribution is 0.102. The zero-order valence-electron chi connectivity index (χ0n) is 11.0. The highest BCUT2D eigenvalue weighted by molar-refractivity contribution is 14.1. The van der Waals surface area contributed by atoms with Crippen molar-refractivity contribution in [3.05, 3.63) is 56.1 Å². The van der Waals surface area contributed by atoms with Gasteiger partial charge < -0.3 is 0 Å². The number of aryl methyl sites for hydroxylation is 1. The van der Waals surface area contributed by atoms with Crippen molar-refractivity contribution in [2.24, 2.45) is 0 Å². The number of anilines is 1. The second-order valence-corrected chi connectivity index (χ2v) is 7.20. The van der Waals surface area contributed by atoms with E-state index in [-0.39, 0.29) is 5.91 Å². The number of amides is 1. The van der Waals surface area contributed by atoms with Gasteiger partial charge in [-0.3, -0.25) is 10.1 Å². The summed E-state index contributed by atoms with van der Waals surface area (Å²) in [6.45, 7) is 2.04. The normalized spacial score (nSPS) is 10.8. The lowest BCUT2D eigenvalue weighted by atomic mass is 10.2. The molecule has 1 heterocycles. The first-order valence-electron chi connectivity index (χ1n) is 6.16. The van der Waals surface area contributed by atoms with Crippen LogP contribution in [0.4, 0.5) is 5.13 Å². The summed E-state index contributed by atoms with van der Waals surface area (Å²) < 4.78 is 1.88. The van der Waals surface area contributed by atoms with E-state index in [1.54, 1.807) is 18.2 Å². The van der Waals surface area contributed by atoms with Gasteiger partial charge in [-0.2, -0.15) is 0 Å². The topological polar surface area (TPSA) is 42.0 Å². The molecule has 0 bridgehead atoms. The molecule has 21 heavy (non-hydrogen) atoms. The van der Waals surface area contributed by atoms with Gasteiger partial charge in [0.25, 0.3) is 5.91 Å². The summed E-state index contributed by atoms with van der Waals surface area (Å²) in [5, 5.41) is 4.07. The Kier molecular flexibility index (Phi) is 4.14. The minimum Gasteiger partial charge on any atom is -0.298 e. The fourth-order valence-electron chi connectivity index (χ4n) is 1.92. The molecule has 0 spiro atoms. The van der Waals surface area contributed by atoms with Crippen LogP contribution in [0.15, 0.2) is 36.4 Å². The standard InChI is InChI=1S/C15H10ClIN2OS/c1-8-2-5-12-13(6-8)21-15(18-12)19-14(20)10-4-3-9(16)7-11(10)17/h2-7H,1H3,(H,18,19,20). The number of nitrogens with one attached hydrogen (secondary N) is 1. The van der Waals surface area contributed by atoms with Crippen molar-refractivity contribution >= 4 is 66.8 Å². The summed E-state index contributed by atoms with van der Waals surface area (Å²) in [6, 6.07) is 11.2. The molecule has 0 fully saturated rings. The number of fused-ring (bicyclic) bond motifs is 1. The predicted octanol–water partition coefficient (Wildman–Crippen LogP) is 5.12. The Balaban J connectivity index is 1.89. The van der Waals surface area contributed by atoms with Crippen LogP contribution in [0.3, 0.4) is 0 Å². The van der Waals surface area contributed by atoms with Crippen LogP contribution in [-0.4, -0.2) is 10.9 Å². The van der Waals surface area contributed by atoms with E-state index in [4.69, 9.17) is 11.6 Å². The first-order chi connectivity index (χ1) is 10.0. The van der Waals surface area contributed by atoms with Crippen molar-refractivity contribution < 1.29 is 4.79 Å². The summed E-state index contributed by atoms with van der Waals surface area (Å²) in [4.78, 5) is 16.7. The second kappa shape index (κ2) is 5.90. The average molecular weight is 429 g/mol. The number of hydrogen-bond acceptors (Lipinski definition) is 3. The Morgan fingerprint density at radius 1 is 1.29 bits per heavy atom. The maximum Gasteiger partial charge on any atom is 0.258 e. The number of carbonyl (C=O) groups is 1. The largest absolute Gasteiger partial charge is 0.298 e. The molecular weight excluding hydrogens is 419 g/mol. The van der Waals surface area contributed by atoms with Gasteiger partial charge in [-0.05, 0) is 65.4 Å². The summed E-state index contributed by atoms with van der Waals surface area (Å²) >= 11 is 9.48. The van der Waals surface area contributed by atoms with E-state index in [2.05, 4.69) is 39.0 Å². The van der Waals surface area contributed by atoms with Crippen LogP contribution in [0.1, 0.15) is 15.9 Å². The van der Waals surface area contributed by atoms with E-state index >= 15 is 0 Å². The molecule has 0 aliphatic rings. The molecule has 1 aromatic heterocycles. The molecule has 0 unspecified atom stereocenters. The molecule has 0 atom stereocenters. The molecule has 0 radical (unpaired) electrons. The molecule has 0 aliphatic carbocycles. The average Bonchev–Trinajstić information content (AvgIpc) is 2.79. The molecule has 3 rings (SSSR count). The number of halogens is 2. The Morgan fingerprint density at radius 2 is 2.10 bits per heavy atom. The van der Waals surface area contributed by atoms with Crippen LogP contribution in [0.2, 0.25) is 5.02 Å². The molecular formula is C15H10ClIN2OS. The van der Waals surface area contributed by atoms with Gasteiger partial charge in [-0.15, -0.1) is 0 Å². The molecule has 3 aromatic rings. The minimum atomic E-state index is -0.174. The van der Waals surface area contributed by atoms with Gasteiger partial charge >= 0.3 is 0 Å². The molecule has 3 nitrogen and oxygen atoms in total. The number of rotatable bonds is 2. The van der Waals surface area contributed by atoms with E-state index in [1.165, 1.54) is 16.9 Å². The predicted molar refractivity (Wildman–Crippen MR) is 96.5 cm³/mol. The fourth-order valence-corrected chi connectivity index (χ4v) is 4.00. The highest BCUT2D eigenvalue weighted by Gasteiger charge is 2.13. The lowest BCUT2D eigenvalue weighted by Gasteiger charge is -2.04. The van der Waals surface area contributed by atoms with Crippen LogP contribution < -0.4 is 5.32 Å². The third-order valence-electron chi connectivity index (χ3n) is 2.94. The first kappa shape index (κ1) is 14.7. The molecule has 1 amide bonds. The molecule has 0 saturated carbocycles. The van der Waals surface area contributed by atoms with E-state index in [0.717, 1.165) is 13.8 Å². The molecule has 2 aromatic carbocycles. The smallest absolute Gasteiger partial charge is 0.258 e. The molecule has 1 N–H and O–H groups in total. The number of nitrogens with zero attached hydrogens (tertiary/aromatic N) is 1. The number of benzene rings is 2. The highest BCUT2D eigenvalue weighted by atomic mass is 127. The zero-order valence-corrected chi connectivity index (χ0v) is 14.7. The first-order valence-corrected chi connectivity index (χ1v) is 8.44. The van der Waals surface area contributed by atoms with E-state index in [1.807, 2.05) is 19.1 Å². The summed E-state index contributed by atoms with van der Waals surface area (Å²) in [5.41, 5.74) is 2.67. The number of hydrogen-bond donors (Lipinski definition) is 1. The van der Waals surface area contributed by atoms with Crippen molar-refractivity contribution in [1.29, 1.82) is 0 Å². The molecule has 0 aliphatic heterocycles. The van der Waals surface area contributed by atoms with Gasteiger partial charge in [-0.25, -0.2) is 4.98 Å². The third-order valence-corrected chi connectivity index (χ3v) is 5.00. The zero-order chi connectivity index (χ0) is 15.0. The fraction of sp³-hybridized carbons (Fsp3) is 0.0667. The number of aromatic nitrogens is 1. The van der Waals surface area contributed by atoms with Crippen LogP contribution in [-0.2, 0) is 0 Å². The minimum absolute atomic E-state index is 0.174.